The van der Waals surface area contributed by atoms with Crippen molar-refractivity contribution in [2.45, 2.75) is 13.5 Å². The summed E-state index contributed by atoms with van der Waals surface area (Å²) in [4.78, 5) is 6.02. The SMILES string of the molecule is Cc1cc(N)cnc1N(C)Cc1ccc(F)cc1F. The van der Waals surface area contributed by atoms with Gasteiger partial charge in [-0.2, -0.15) is 0 Å². The Morgan fingerprint density at radius 2 is 2.00 bits per heavy atom. The Morgan fingerprint density at radius 1 is 1.26 bits per heavy atom. The van der Waals surface area contributed by atoms with E-state index in [0.29, 0.717) is 17.8 Å². The van der Waals surface area contributed by atoms with Gasteiger partial charge < -0.3 is 10.6 Å². The van der Waals surface area contributed by atoms with Crippen LogP contribution in [0.1, 0.15) is 11.1 Å². The number of pyridine rings is 1. The Kier molecular flexibility index (Phi) is 3.64. The van der Waals surface area contributed by atoms with Crippen molar-refractivity contribution in [2.24, 2.45) is 0 Å². The van der Waals surface area contributed by atoms with Gasteiger partial charge in [-0.1, -0.05) is 6.07 Å². The molecule has 2 N–H and O–H groups in total. The first-order valence-corrected chi connectivity index (χ1v) is 5.84. The number of hydrogen-bond acceptors (Lipinski definition) is 3. The molecule has 0 atom stereocenters. The van der Waals surface area contributed by atoms with Crippen LogP contribution in [0.4, 0.5) is 20.3 Å². The summed E-state index contributed by atoms with van der Waals surface area (Å²) < 4.78 is 26.4. The van der Waals surface area contributed by atoms with Crippen LogP contribution in [0.2, 0.25) is 0 Å². The van der Waals surface area contributed by atoms with Crippen LogP contribution in [0.5, 0.6) is 0 Å². The summed E-state index contributed by atoms with van der Waals surface area (Å²) in [6.45, 7) is 2.19. The second kappa shape index (κ2) is 5.22. The van der Waals surface area contributed by atoms with Gasteiger partial charge in [0.25, 0.3) is 0 Å². The van der Waals surface area contributed by atoms with Gasteiger partial charge in [-0.25, -0.2) is 13.8 Å². The maximum atomic E-state index is 13.6. The summed E-state index contributed by atoms with van der Waals surface area (Å²) >= 11 is 0. The summed E-state index contributed by atoms with van der Waals surface area (Å²) in [6, 6.07) is 5.37. The lowest BCUT2D eigenvalue weighted by atomic mass is 10.2. The number of hydrogen-bond donors (Lipinski definition) is 1. The lowest BCUT2D eigenvalue weighted by molar-refractivity contribution is 0.571. The molecule has 0 fully saturated rings. The molecule has 0 spiro atoms. The molecule has 2 aromatic rings. The predicted molar refractivity (Wildman–Crippen MR) is 71.9 cm³/mol. The highest BCUT2D eigenvalue weighted by molar-refractivity contribution is 5.52. The lowest BCUT2D eigenvalue weighted by Crippen LogP contribution is -2.19. The number of anilines is 2. The van der Waals surface area contributed by atoms with E-state index in [1.54, 1.807) is 24.2 Å². The highest BCUT2D eigenvalue weighted by Gasteiger charge is 2.10. The molecular formula is C14H15F2N3. The average Bonchev–Trinajstić information content (AvgIpc) is 2.32. The number of aromatic nitrogens is 1. The minimum atomic E-state index is -0.578. The van der Waals surface area contributed by atoms with Crippen molar-refractivity contribution in [3.05, 3.63) is 53.2 Å². The first-order valence-electron chi connectivity index (χ1n) is 5.84. The van der Waals surface area contributed by atoms with Crippen LogP contribution < -0.4 is 10.6 Å². The van der Waals surface area contributed by atoms with Crippen LogP contribution in [-0.2, 0) is 6.54 Å². The van der Waals surface area contributed by atoms with E-state index < -0.39 is 11.6 Å². The topological polar surface area (TPSA) is 42.1 Å². The second-order valence-corrected chi connectivity index (χ2v) is 4.50. The molecule has 0 saturated carbocycles. The number of nitrogen functional groups attached to an aromatic ring is 1. The lowest BCUT2D eigenvalue weighted by Gasteiger charge is -2.20. The maximum Gasteiger partial charge on any atom is 0.131 e. The quantitative estimate of drug-likeness (QED) is 0.925. The molecule has 100 valence electrons. The van der Waals surface area contributed by atoms with Crippen LogP contribution in [0.3, 0.4) is 0 Å². The van der Waals surface area contributed by atoms with Crippen LogP contribution >= 0.6 is 0 Å². The molecule has 0 aliphatic carbocycles. The van der Waals surface area contributed by atoms with Crippen molar-refractivity contribution in [1.82, 2.24) is 4.98 Å². The van der Waals surface area contributed by atoms with Gasteiger partial charge in [-0.3, -0.25) is 0 Å². The predicted octanol–water partition coefficient (Wildman–Crippen LogP) is 2.89. The van der Waals surface area contributed by atoms with Gasteiger partial charge in [0.2, 0.25) is 0 Å². The van der Waals surface area contributed by atoms with Crippen molar-refractivity contribution in [3.8, 4) is 0 Å². The van der Waals surface area contributed by atoms with E-state index in [4.69, 9.17) is 5.73 Å². The zero-order valence-corrected chi connectivity index (χ0v) is 10.8. The Labute approximate surface area is 110 Å². The van der Waals surface area contributed by atoms with Crippen LogP contribution in [-0.4, -0.2) is 12.0 Å². The Morgan fingerprint density at radius 3 is 2.63 bits per heavy atom. The third-order valence-electron chi connectivity index (χ3n) is 2.86. The molecule has 0 aliphatic heterocycles. The number of aryl methyl sites for hydroxylation is 1. The van der Waals surface area contributed by atoms with Gasteiger partial charge >= 0.3 is 0 Å². The van der Waals surface area contributed by atoms with Crippen LogP contribution in [0.15, 0.2) is 30.5 Å². The Balaban J connectivity index is 2.23. The number of rotatable bonds is 3. The summed E-state index contributed by atoms with van der Waals surface area (Å²) in [5.74, 6) is -0.413. The van der Waals surface area contributed by atoms with E-state index in [1.165, 1.54) is 12.1 Å². The highest BCUT2D eigenvalue weighted by atomic mass is 19.1. The van der Waals surface area contributed by atoms with E-state index in [1.807, 2.05) is 6.92 Å². The molecule has 0 saturated heterocycles. The van der Waals surface area contributed by atoms with Gasteiger partial charge in [0.05, 0.1) is 11.9 Å². The molecule has 0 bridgehead atoms. The third-order valence-corrected chi connectivity index (χ3v) is 2.86. The fourth-order valence-electron chi connectivity index (χ4n) is 1.97. The number of benzene rings is 1. The summed E-state index contributed by atoms with van der Waals surface area (Å²) in [5.41, 5.74) is 7.55. The molecule has 1 aromatic carbocycles. The number of halogens is 2. The van der Waals surface area contributed by atoms with Crippen molar-refractivity contribution < 1.29 is 8.78 Å². The zero-order chi connectivity index (χ0) is 14.0. The maximum absolute atomic E-state index is 13.6. The Hall–Kier alpha value is -2.17. The van der Waals surface area contributed by atoms with Gasteiger partial charge in [-0.05, 0) is 24.6 Å². The molecule has 1 heterocycles. The minimum Gasteiger partial charge on any atom is -0.397 e. The molecule has 0 radical (unpaired) electrons. The largest absolute Gasteiger partial charge is 0.397 e. The van der Waals surface area contributed by atoms with Crippen molar-refractivity contribution in [2.75, 3.05) is 17.7 Å². The normalized spacial score (nSPS) is 10.5. The molecule has 0 aliphatic rings. The van der Waals surface area contributed by atoms with E-state index in [2.05, 4.69) is 4.98 Å². The smallest absolute Gasteiger partial charge is 0.131 e. The van der Waals surface area contributed by atoms with Gasteiger partial charge in [0.15, 0.2) is 0 Å². The second-order valence-electron chi connectivity index (χ2n) is 4.50. The van der Waals surface area contributed by atoms with Gasteiger partial charge in [0.1, 0.15) is 17.5 Å². The molecule has 1 aromatic heterocycles. The molecule has 2 rings (SSSR count). The fraction of sp³-hybridized carbons (Fsp3) is 0.214. The highest BCUT2D eigenvalue weighted by Crippen LogP contribution is 2.20. The molecule has 19 heavy (non-hydrogen) atoms. The summed E-state index contributed by atoms with van der Waals surface area (Å²) in [5, 5.41) is 0. The van der Waals surface area contributed by atoms with Crippen LogP contribution in [0.25, 0.3) is 0 Å². The number of nitrogens with two attached hydrogens (primary N) is 1. The van der Waals surface area contributed by atoms with Crippen LogP contribution in [0, 0.1) is 18.6 Å². The van der Waals surface area contributed by atoms with Crippen molar-refractivity contribution >= 4 is 11.5 Å². The van der Waals surface area contributed by atoms with Crippen molar-refractivity contribution in [1.29, 1.82) is 0 Å². The van der Waals surface area contributed by atoms with Gasteiger partial charge in [-0.15, -0.1) is 0 Å². The van der Waals surface area contributed by atoms with E-state index in [9.17, 15) is 8.78 Å². The summed E-state index contributed by atoms with van der Waals surface area (Å²) in [6.07, 6.45) is 1.56. The Bertz CT molecular complexity index is 599. The van der Waals surface area contributed by atoms with E-state index in [0.717, 1.165) is 17.4 Å². The zero-order valence-electron chi connectivity index (χ0n) is 10.8. The molecular weight excluding hydrogens is 248 g/mol. The minimum absolute atomic E-state index is 0.309. The first kappa shape index (κ1) is 13.3. The average molecular weight is 263 g/mol. The standard InChI is InChI=1S/C14H15F2N3/c1-9-5-12(17)7-18-14(9)19(2)8-10-3-4-11(15)6-13(10)16/h3-7H,8,17H2,1-2H3. The molecule has 5 heteroatoms. The fourth-order valence-corrected chi connectivity index (χ4v) is 1.97. The summed E-state index contributed by atoms with van der Waals surface area (Å²) in [7, 11) is 1.80. The van der Waals surface area contributed by atoms with Gasteiger partial charge in [0, 0.05) is 25.2 Å². The monoisotopic (exact) mass is 263 g/mol. The first-order chi connectivity index (χ1) is 8.97. The number of nitrogens with zero attached hydrogens (tertiary/aromatic N) is 2. The van der Waals surface area contributed by atoms with E-state index in [-0.39, 0.29) is 0 Å². The third kappa shape index (κ3) is 2.99. The molecule has 0 unspecified atom stereocenters. The van der Waals surface area contributed by atoms with Crippen molar-refractivity contribution in [3.63, 3.8) is 0 Å². The molecule has 0 amide bonds. The van der Waals surface area contributed by atoms with E-state index >= 15 is 0 Å². The molecule has 3 nitrogen and oxygen atoms in total.